The lowest BCUT2D eigenvalue weighted by molar-refractivity contribution is -0.147. The number of carbonyl (C=O) groups is 3. The van der Waals surface area contributed by atoms with Crippen LogP contribution >= 0.6 is 0 Å². The van der Waals surface area contributed by atoms with Crippen LogP contribution in [-0.2, 0) is 35.2 Å². The van der Waals surface area contributed by atoms with Crippen LogP contribution in [-0.4, -0.2) is 37.2 Å². The fourth-order valence-corrected chi connectivity index (χ4v) is 4.10. The van der Waals surface area contributed by atoms with Crippen molar-refractivity contribution in [2.45, 2.75) is 45.8 Å². The molecule has 1 aliphatic rings. The molecule has 2 aromatic rings. The van der Waals surface area contributed by atoms with Crippen LogP contribution in [0, 0.1) is 0 Å². The highest BCUT2D eigenvalue weighted by Crippen LogP contribution is 2.40. The molecule has 0 aromatic heterocycles. The molecule has 3 N–H and O–H groups in total. The molecular formula is C28H32N2O6. The van der Waals surface area contributed by atoms with Crippen molar-refractivity contribution in [1.82, 2.24) is 5.32 Å². The lowest BCUT2D eigenvalue weighted by Gasteiger charge is -2.32. The summed E-state index contributed by atoms with van der Waals surface area (Å²) in [5.74, 6) is -2.50. The van der Waals surface area contributed by atoms with Crippen molar-refractivity contribution in [3.8, 4) is 0 Å². The molecule has 2 atom stereocenters. The summed E-state index contributed by atoms with van der Waals surface area (Å²) in [6.45, 7) is 5.55. The number of benzene rings is 2. The average Bonchev–Trinajstić information content (AvgIpc) is 2.88. The van der Waals surface area contributed by atoms with Crippen LogP contribution < -0.4 is 11.1 Å². The molecule has 0 amide bonds. The van der Waals surface area contributed by atoms with Gasteiger partial charge in [-0.3, -0.25) is 4.79 Å². The number of hydrogen-bond donors (Lipinski definition) is 2. The molecule has 0 saturated carbocycles. The maximum absolute atomic E-state index is 13.2. The van der Waals surface area contributed by atoms with E-state index >= 15 is 0 Å². The number of esters is 3. The first-order valence-corrected chi connectivity index (χ1v) is 11.9. The highest BCUT2D eigenvalue weighted by Gasteiger charge is 2.39. The van der Waals surface area contributed by atoms with E-state index in [1.807, 2.05) is 60.7 Å². The molecule has 8 heteroatoms. The van der Waals surface area contributed by atoms with Gasteiger partial charge >= 0.3 is 17.9 Å². The van der Waals surface area contributed by atoms with Gasteiger partial charge in [-0.25, -0.2) is 9.59 Å². The Morgan fingerprint density at radius 1 is 0.861 bits per heavy atom. The molecule has 36 heavy (non-hydrogen) atoms. The summed E-state index contributed by atoms with van der Waals surface area (Å²) in [6.07, 6.45) is -0.0153. The normalized spacial score (nSPS) is 16.2. The van der Waals surface area contributed by atoms with Gasteiger partial charge in [-0.1, -0.05) is 60.7 Å². The molecule has 0 saturated heterocycles. The van der Waals surface area contributed by atoms with Crippen LogP contribution in [0.15, 0.2) is 83.2 Å². The maximum Gasteiger partial charge on any atom is 0.336 e. The van der Waals surface area contributed by atoms with Crippen LogP contribution in [0.1, 0.15) is 44.2 Å². The minimum absolute atomic E-state index is 0.0153. The van der Waals surface area contributed by atoms with Gasteiger partial charge in [0.2, 0.25) is 0 Å². The van der Waals surface area contributed by atoms with Gasteiger partial charge < -0.3 is 25.3 Å². The van der Waals surface area contributed by atoms with E-state index in [-0.39, 0.29) is 31.8 Å². The Morgan fingerprint density at radius 3 is 2.00 bits per heavy atom. The standard InChI is InChI=1S/C28H32N2O6/c1-4-34-27(32)23-18(3)30-22(16-21(29)26(31)36-17-19-12-8-6-9-13-19)25(28(33)35-5-2)24(23)20-14-10-7-11-15-20/h6-15,21,24,30H,4-5,16-17,29H2,1-3H3/t21-,24+/m0/s1. The first kappa shape index (κ1) is 26.7. The second-order valence-electron chi connectivity index (χ2n) is 8.24. The number of carbonyl (C=O) groups excluding carboxylic acids is 3. The van der Waals surface area contributed by atoms with Crippen LogP contribution in [0.25, 0.3) is 0 Å². The molecule has 0 unspecified atom stereocenters. The molecule has 0 radical (unpaired) electrons. The summed E-state index contributed by atoms with van der Waals surface area (Å²) in [5.41, 5.74) is 9.18. The Hall–Kier alpha value is -3.91. The molecule has 0 bridgehead atoms. The average molecular weight is 493 g/mol. The number of nitrogens with one attached hydrogen (secondary N) is 1. The van der Waals surface area contributed by atoms with Crippen molar-refractivity contribution in [1.29, 1.82) is 0 Å². The Kier molecular flexibility index (Phi) is 9.41. The lowest BCUT2D eigenvalue weighted by Crippen LogP contribution is -2.38. The van der Waals surface area contributed by atoms with Gasteiger partial charge in [0.15, 0.2) is 0 Å². The van der Waals surface area contributed by atoms with Crippen LogP contribution in [0.5, 0.6) is 0 Å². The second-order valence-corrected chi connectivity index (χ2v) is 8.24. The molecule has 0 aliphatic carbocycles. The largest absolute Gasteiger partial charge is 0.463 e. The van der Waals surface area contributed by atoms with Gasteiger partial charge in [-0.15, -0.1) is 0 Å². The monoisotopic (exact) mass is 492 g/mol. The number of hydrogen-bond acceptors (Lipinski definition) is 8. The van der Waals surface area contributed by atoms with Crippen molar-refractivity contribution in [2.24, 2.45) is 5.73 Å². The smallest absolute Gasteiger partial charge is 0.336 e. The number of dihydropyridines is 1. The fraction of sp³-hybridized carbons (Fsp3) is 0.321. The molecule has 0 fully saturated rings. The van der Waals surface area contributed by atoms with E-state index in [4.69, 9.17) is 19.9 Å². The van der Waals surface area contributed by atoms with Crippen molar-refractivity contribution in [2.75, 3.05) is 13.2 Å². The Bertz CT molecular complexity index is 1140. The van der Waals surface area contributed by atoms with Crippen molar-refractivity contribution in [3.63, 3.8) is 0 Å². The van der Waals surface area contributed by atoms with Gasteiger partial charge in [0.1, 0.15) is 12.6 Å². The zero-order valence-corrected chi connectivity index (χ0v) is 20.8. The number of nitrogens with two attached hydrogens (primary N) is 1. The Morgan fingerprint density at radius 2 is 1.42 bits per heavy atom. The van der Waals surface area contributed by atoms with Gasteiger partial charge in [0.25, 0.3) is 0 Å². The van der Waals surface area contributed by atoms with E-state index in [0.717, 1.165) is 5.56 Å². The summed E-state index contributed by atoms with van der Waals surface area (Å²) < 4.78 is 16.1. The van der Waals surface area contributed by atoms with Crippen molar-refractivity contribution in [3.05, 3.63) is 94.3 Å². The molecule has 190 valence electrons. The minimum Gasteiger partial charge on any atom is -0.463 e. The summed E-state index contributed by atoms with van der Waals surface area (Å²) in [6, 6.07) is 17.4. The van der Waals surface area contributed by atoms with Crippen molar-refractivity contribution >= 4 is 17.9 Å². The number of rotatable bonds is 10. The van der Waals surface area contributed by atoms with Gasteiger partial charge in [-0.05, 0) is 31.9 Å². The molecular weight excluding hydrogens is 460 g/mol. The van der Waals surface area contributed by atoms with Gasteiger partial charge in [0, 0.05) is 17.8 Å². The predicted octanol–water partition coefficient (Wildman–Crippen LogP) is 3.49. The summed E-state index contributed by atoms with van der Waals surface area (Å²) in [4.78, 5) is 38.9. The van der Waals surface area contributed by atoms with E-state index in [9.17, 15) is 14.4 Å². The highest BCUT2D eigenvalue weighted by atomic mass is 16.5. The van der Waals surface area contributed by atoms with Gasteiger partial charge in [0.05, 0.1) is 30.3 Å². The predicted molar refractivity (Wildman–Crippen MR) is 134 cm³/mol. The molecule has 1 aliphatic heterocycles. The minimum atomic E-state index is -1.05. The zero-order chi connectivity index (χ0) is 26.1. The van der Waals surface area contributed by atoms with E-state index in [2.05, 4.69) is 5.32 Å². The molecule has 8 nitrogen and oxygen atoms in total. The molecule has 1 heterocycles. The number of ether oxygens (including phenoxy) is 3. The maximum atomic E-state index is 13.2. The summed E-state index contributed by atoms with van der Waals surface area (Å²) in [7, 11) is 0. The molecule has 0 spiro atoms. The molecule has 3 rings (SSSR count). The lowest BCUT2D eigenvalue weighted by atomic mass is 9.79. The third kappa shape index (κ3) is 6.40. The van der Waals surface area contributed by atoms with Crippen LogP contribution in [0.2, 0.25) is 0 Å². The van der Waals surface area contributed by atoms with Crippen LogP contribution in [0.3, 0.4) is 0 Å². The van der Waals surface area contributed by atoms with E-state index in [1.165, 1.54) is 0 Å². The summed E-state index contributed by atoms with van der Waals surface area (Å²) in [5, 5.41) is 3.12. The van der Waals surface area contributed by atoms with Gasteiger partial charge in [-0.2, -0.15) is 0 Å². The fourth-order valence-electron chi connectivity index (χ4n) is 4.10. The van der Waals surface area contributed by atoms with E-state index in [1.54, 1.807) is 20.8 Å². The Balaban J connectivity index is 1.97. The van der Waals surface area contributed by atoms with E-state index < -0.39 is 29.9 Å². The number of allylic oxidation sites excluding steroid dienone is 1. The van der Waals surface area contributed by atoms with E-state index in [0.29, 0.717) is 22.5 Å². The third-order valence-corrected chi connectivity index (χ3v) is 5.72. The summed E-state index contributed by atoms with van der Waals surface area (Å²) >= 11 is 0. The zero-order valence-electron chi connectivity index (χ0n) is 20.8. The molecule has 2 aromatic carbocycles. The highest BCUT2D eigenvalue weighted by molar-refractivity contribution is 6.00. The topological polar surface area (TPSA) is 117 Å². The Labute approximate surface area is 211 Å². The first-order chi connectivity index (χ1) is 17.4. The first-order valence-electron chi connectivity index (χ1n) is 11.9. The third-order valence-electron chi connectivity index (χ3n) is 5.72. The van der Waals surface area contributed by atoms with Crippen LogP contribution in [0.4, 0.5) is 0 Å². The SMILES string of the molecule is CCOC(=O)C1=C(C)NC(C[C@H](N)C(=O)OCc2ccccc2)=C(C(=O)OCC)[C@@H]1c1ccccc1. The second kappa shape index (κ2) is 12.7. The van der Waals surface area contributed by atoms with Crippen molar-refractivity contribution < 1.29 is 28.6 Å². The quantitative estimate of drug-likeness (QED) is 0.382.